The molecular formula is C20H36N4O7S. The molecule has 0 fully saturated rings. The highest BCUT2D eigenvalue weighted by molar-refractivity contribution is 7.98. The third-order valence-corrected chi connectivity index (χ3v) is 5.24. The van der Waals surface area contributed by atoms with Crippen LogP contribution in [0.3, 0.4) is 0 Å². The van der Waals surface area contributed by atoms with Crippen LogP contribution in [0.1, 0.15) is 47.0 Å². The molecule has 0 aromatic carbocycles. The lowest BCUT2D eigenvalue weighted by Gasteiger charge is -2.26. The van der Waals surface area contributed by atoms with Crippen LogP contribution in [0.2, 0.25) is 0 Å². The van der Waals surface area contributed by atoms with Crippen LogP contribution in [0, 0.1) is 11.8 Å². The monoisotopic (exact) mass is 476 g/mol. The topological polar surface area (TPSA) is 188 Å². The molecule has 0 aliphatic carbocycles. The van der Waals surface area contributed by atoms with Gasteiger partial charge in [0.15, 0.2) is 0 Å². The molecule has 12 heteroatoms. The highest BCUT2D eigenvalue weighted by Gasteiger charge is 2.32. The van der Waals surface area contributed by atoms with Crippen LogP contribution < -0.4 is 21.7 Å². The zero-order valence-electron chi connectivity index (χ0n) is 19.2. The van der Waals surface area contributed by atoms with Crippen LogP contribution in [0.5, 0.6) is 0 Å². The van der Waals surface area contributed by atoms with Crippen LogP contribution in [0.15, 0.2) is 0 Å². The van der Waals surface area contributed by atoms with Gasteiger partial charge in [0.1, 0.15) is 18.1 Å². The minimum Gasteiger partial charge on any atom is -0.481 e. The Kier molecular flexibility index (Phi) is 13.6. The Morgan fingerprint density at radius 2 is 1.34 bits per heavy atom. The van der Waals surface area contributed by atoms with E-state index in [1.54, 1.807) is 13.8 Å². The lowest BCUT2D eigenvalue weighted by atomic mass is 10.0. The van der Waals surface area contributed by atoms with E-state index in [2.05, 4.69) is 16.0 Å². The summed E-state index contributed by atoms with van der Waals surface area (Å²) in [4.78, 5) is 60.4. The van der Waals surface area contributed by atoms with E-state index < -0.39 is 60.2 Å². The van der Waals surface area contributed by atoms with Gasteiger partial charge in [-0.2, -0.15) is 11.8 Å². The molecule has 0 aromatic rings. The lowest BCUT2D eigenvalue weighted by Crippen LogP contribution is -2.58. The molecule has 4 atom stereocenters. The van der Waals surface area contributed by atoms with Crippen molar-refractivity contribution in [3.05, 3.63) is 0 Å². The highest BCUT2D eigenvalue weighted by Crippen LogP contribution is 2.09. The van der Waals surface area contributed by atoms with Crippen molar-refractivity contribution in [2.24, 2.45) is 17.6 Å². The molecule has 0 spiro atoms. The van der Waals surface area contributed by atoms with Gasteiger partial charge in [-0.05, 0) is 36.7 Å². The quantitative estimate of drug-likeness (QED) is 0.186. The smallest absolute Gasteiger partial charge is 0.326 e. The number of carbonyl (C=O) groups excluding carboxylic acids is 3. The van der Waals surface area contributed by atoms with E-state index in [1.807, 2.05) is 20.1 Å². The van der Waals surface area contributed by atoms with Crippen molar-refractivity contribution in [1.82, 2.24) is 16.0 Å². The molecule has 11 nitrogen and oxygen atoms in total. The molecule has 0 aromatic heterocycles. The standard InChI is InChI=1S/C20H36N4O7S/c1-10(2)8-13(17(27)22-12(20(30)31)6-7-32-5)23-18(28)14(9-15(25)26)24-19(29)16(21)11(3)4/h10-14,16H,6-9,21H2,1-5H3,(H,22,27)(H,23,28)(H,24,29)(H,25,26)(H,30,31). The van der Waals surface area contributed by atoms with Gasteiger partial charge in [0.05, 0.1) is 12.5 Å². The van der Waals surface area contributed by atoms with E-state index in [9.17, 15) is 29.1 Å². The van der Waals surface area contributed by atoms with Gasteiger partial charge < -0.3 is 31.9 Å². The van der Waals surface area contributed by atoms with E-state index in [-0.39, 0.29) is 24.7 Å². The summed E-state index contributed by atoms with van der Waals surface area (Å²) in [6.45, 7) is 7.03. The minimum atomic E-state index is -1.45. The maximum atomic E-state index is 12.8. The molecule has 32 heavy (non-hydrogen) atoms. The normalized spacial score (nSPS) is 14.9. The van der Waals surface area contributed by atoms with E-state index in [1.165, 1.54) is 11.8 Å². The van der Waals surface area contributed by atoms with E-state index in [4.69, 9.17) is 10.8 Å². The van der Waals surface area contributed by atoms with Gasteiger partial charge in [0.2, 0.25) is 17.7 Å². The third kappa shape index (κ3) is 11.3. The zero-order valence-corrected chi connectivity index (χ0v) is 20.0. The van der Waals surface area contributed by atoms with Crippen LogP contribution in [-0.2, 0) is 24.0 Å². The fourth-order valence-electron chi connectivity index (χ4n) is 2.70. The van der Waals surface area contributed by atoms with Crippen molar-refractivity contribution < 1.29 is 34.2 Å². The number of rotatable bonds is 15. The summed E-state index contributed by atoms with van der Waals surface area (Å²) < 4.78 is 0. The van der Waals surface area contributed by atoms with Gasteiger partial charge in [-0.3, -0.25) is 19.2 Å². The average molecular weight is 477 g/mol. The number of nitrogens with two attached hydrogens (primary N) is 1. The molecule has 0 saturated heterocycles. The Balaban J connectivity index is 5.49. The number of carboxylic acid groups (broad SMARTS) is 2. The summed E-state index contributed by atoms with van der Waals surface area (Å²) in [6, 6.07) is -4.62. The first kappa shape index (κ1) is 29.7. The number of amides is 3. The number of hydrogen-bond donors (Lipinski definition) is 6. The molecule has 0 radical (unpaired) electrons. The summed E-state index contributed by atoms with van der Waals surface area (Å²) in [5, 5.41) is 25.7. The van der Waals surface area contributed by atoms with Gasteiger partial charge >= 0.3 is 11.9 Å². The van der Waals surface area contributed by atoms with Gasteiger partial charge in [-0.15, -0.1) is 0 Å². The predicted molar refractivity (Wildman–Crippen MR) is 121 cm³/mol. The molecular weight excluding hydrogens is 440 g/mol. The van der Waals surface area contributed by atoms with E-state index >= 15 is 0 Å². The fourth-order valence-corrected chi connectivity index (χ4v) is 3.17. The fraction of sp³-hybridized carbons (Fsp3) is 0.750. The van der Waals surface area contributed by atoms with Crippen LogP contribution in [0.4, 0.5) is 0 Å². The molecule has 184 valence electrons. The number of thioether (sulfide) groups is 1. The number of aliphatic carboxylic acids is 2. The third-order valence-electron chi connectivity index (χ3n) is 4.60. The van der Waals surface area contributed by atoms with E-state index in [0.29, 0.717) is 5.75 Å². The second-order valence-corrected chi connectivity index (χ2v) is 9.29. The Hall–Kier alpha value is -2.34. The second-order valence-electron chi connectivity index (χ2n) is 8.30. The van der Waals surface area contributed by atoms with Gasteiger partial charge in [0.25, 0.3) is 0 Å². The number of carboxylic acids is 2. The first-order chi connectivity index (χ1) is 14.8. The molecule has 3 amide bonds. The maximum absolute atomic E-state index is 12.8. The minimum absolute atomic E-state index is 0.0394. The van der Waals surface area contributed by atoms with Crippen molar-refractivity contribution in [3.8, 4) is 0 Å². The Labute approximate surface area is 192 Å². The van der Waals surface area contributed by atoms with E-state index in [0.717, 1.165) is 0 Å². The number of nitrogens with one attached hydrogen (secondary N) is 3. The Bertz CT molecular complexity index is 672. The summed E-state index contributed by atoms with van der Waals surface area (Å²) in [5.74, 6) is -4.53. The van der Waals surface area contributed by atoms with Crippen LogP contribution in [0.25, 0.3) is 0 Å². The molecule has 0 aliphatic heterocycles. The highest BCUT2D eigenvalue weighted by atomic mass is 32.2. The lowest BCUT2D eigenvalue weighted by molar-refractivity contribution is -0.143. The summed E-state index contributed by atoms with van der Waals surface area (Å²) in [6.07, 6.45) is 1.50. The average Bonchev–Trinajstić information content (AvgIpc) is 2.67. The first-order valence-corrected chi connectivity index (χ1v) is 11.8. The SMILES string of the molecule is CSCCC(NC(=O)C(CC(C)C)NC(=O)C(CC(=O)O)NC(=O)C(N)C(C)C)C(=O)O. The van der Waals surface area contributed by atoms with Crippen molar-refractivity contribution in [3.63, 3.8) is 0 Å². The summed E-state index contributed by atoms with van der Waals surface area (Å²) in [7, 11) is 0. The van der Waals surface area contributed by atoms with Crippen LogP contribution >= 0.6 is 11.8 Å². The largest absolute Gasteiger partial charge is 0.481 e. The Morgan fingerprint density at radius 1 is 0.844 bits per heavy atom. The molecule has 0 aliphatic rings. The number of hydrogen-bond acceptors (Lipinski definition) is 7. The van der Waals surface area contributed by atoms with Crippen molar-refractivity contribution in [1.29, 1.82) is 0 Å². The molecule has 0 heterocycles. The molecule has 7 N–H and O–H groups in total. The zero-order chi connectivity index (χ0) is 25.0. The second kappa shape index (κ2) is 14.7. The van der Waals surface area contributed by atoms with Crippen molar-refractivity contribution >= 4 is 41.4 Å². The molecule has 4 unspecified atom stereocenters. The molecule has 0 bridgehead atoms. The van der Waals surface area contributed by atoms with Gasteiger partial charge in [-0.1, -0.05) is 27.7 Å². The van der Waals surface area contributed by atoms with Gasteiger partial charge in [0, 0.05) is 0 Å². The summed E-state index contributed by atoms with van der Waals surface area (Å²) >= 11 is 1.43. The van der Waals surface area contributed by atoms with Crippen LogP contribution in [-0.4, -0.2) is 76.0 Å². The van der Waals surface area contributed by atoms with Gasteiger partial charge in [-0.25, -0.2) is 4.79 Å². The number of carbonyl (C=O) groups is 5. The van der Waals surface area contributed by atoms with Crippen molar-refractivity contribution in [2.75, 3.05) is 12.0 Å². The molecule has 0 saturated carbocycles. The molecule has 0 rings (SSSR count). The maximum Gasteiger partial charge on any atom is 0.326 e. The first-order valence-electron chi connectivity index (χ1n) is 10.4. The summed E-state index contributed by atoms with van der Waals surface area (Å²) in [5.41, 5.74) is 5.77. The van der Waals surface area contributed by atoms with Crippen molar-refractivity contribution in [2.45, 2.75) is 71.1 Å². The Morgan fingerprint density at radius 3 is 1.78 bits per heavy atom. The predicted octanol–water partition coefficient (Wildman–Crippen LogP) is -0.217.